The molecule has 1 atom stereocenters. The molecule has 7 heteroatoms. The Balaban J connectivity index is 1.35. The van der Waals surface area contributed by atoms with Crippen molar-refractivity contribution in [1.29, 1.82) is 0 Å². The number of carbonyl (C=O) groups excluding carboxylic acids is 2. The van der Waals surface area contributed by atoms with E-state index in [0.717, 1.165) is 41.5 Å². The van der Waals surface area contributed by atoms with Crippen LogP contribution in [0.3, 0.4) is 0 Å². The average Bonchev–Trinajstić information content (AvgIpc) is 3.21. The number of benzene rings is 1. The van der Waals surface area contributed by atoms with Gasteiger partial charge in [0.15, 0.2) is 5.58 Å². The number of para-hydroxylation sites is 2. The molecule has 0 spiro atoms. The summed E-state index contributed by atoms with van der Waals surface area (Å²) < 4.78 is 5.95. The Kier molecular flexibility index (Phi) is 4.78. The lowest BCUT2D eigenvalue weighted by atomic mass is 10.0. The number of piperidine rings is 1. The van der Waals surface area contributed by atoms with Gasteiger partial charge >= 0.3 is 0 Å². The zero-order chi connectivity index (χ0) is 20.5. The molecule has 152 valence electrons. The second kappa shape index (κ2) is 7.74. The maximum Gasteiger partial charge on any atom is 0.247 e. The van der Waals surface area contributed by atoms with Crippen LogP contribution in [0.1, 0.15) is 48.7 Å². The van der Waals surface area contributed by atoms with Crippen LogP contribution in [0, 0.1) is 0 Å². The zero-order valence-electron chi connectivity index (χ0n) is 16.5. The van der Waals surface area contributed by atoms with Gasteiger partial charge in [-0.2, -0.15) is 0 Å². The van der Waals surface area contributed by atoms with Gasteiger partial charge in [-0.15, -0.1) is 0 Å². The van der Waals surface area contributed by atoms with Gasteiger partial charge in [-0.05, 0) is 61.1 Å². The van der Waals surface area contributed by atoms with E-state index >= 15 is 0 Å². The fraction of sp³-hybridized carbons (Fsp3) is 0.304. The van der Waals surface area contributed by atoms with Gasteiger partial charge in [-0.25, -0.2) is 9.97 Å². The lowest BCUT2D eigenvalue weighted by Gasteiger charge is -2.33. The fourth-order valence-corrected chi connectivity index (χ4v) is 4.11. The molecule has 1 saturated heterocycles. The van der Waals surface area contributed by atoms with Gasteiger partial charge in [0.1, 0.15) is 17.4 Å². The van der Waals surface area contributed by atoms with Crippen LogP contribution in [-0.4, -0.2) is 33.2 Å². The molecule has 4 heterocycles. The second-order valence-corrected chi connectivity index (χ2v) is 7.72. The number of hydrogen-bond donors (Lipinski definition) is 1. The van der Waals surface area contributed by atoms with Gasteiger partial charge in [0, 0.05) is 25.2 Å². The van der Waals surface area contributed by atoms with E-state index in [9.17, 15) is 9.59 Å². The molecule has 0 saturated carbocycles. The van der Waals surface area contributed by atoms with E-state index in [1.165, 1.54) is 0 Å². The van der Waals surface area contributed by atoms with E-state index in [-0.39, 0.29) is 17.9 Å². The molecule has 0 bridgehead atoms. The van der Waals surface area contributed by atoms with Gasteiger partial charge in [0.25, 0.3) is 0 Å². The van der Waals surface area contributed by atoms with Crippen molar-refractivity contribution in [2.24, 2.45) is 0 Å². The quantitative estimate of drug-likeness (QED) is 0.672. The highest BCUT2D eigenvalue weighted by atomic mass is 16.3. The molecule has 5 rings (SSSR count). The van der Waals surface area contributed by atoms with Crippen molar-refractivity contribution in [3.05, 3.63) is 59.6 Å². The number of carbonyl (C=O) groups is 2. The smallest absolute Gasteiger partial charge is 0.247 e. The standard InChI is InChI=1S/C23H22N4O3/c28-20-10-9-16-13-15(14-24-22(16)26-20)8-11-21(29)27-12-4-3-6-18(27)23-25-17-5-1-2-7-19(17)30-23/h1-2,5,7-8,11,13-14,18H,3-4,6,9-10,12H2,(H,24,26,28)/b11-8+. The molecule has 2 aromatic heterocycles. The zero-order valence-corrected chi connectivity index (χ0v) is 16.5. The Morgan fingerprint density at radius 2 is 2.13 bits per heavy atom. The molecular weight excluding hydrogens is 380 g/mol. The van der Waals surface area contributed by atoms with Crippen molar-refractivity contribution < 1.29 is 14.0 Å². The number of hydrogen-bond acceptors (Lipinski definition) is 5. The van der Waals surface area contributed by atoms with Crippen LogP contribution in [0.2, 0.25) is 0 Å². The molecule has 7 nitrogen and oxygen atoms in total. The third kappa shape index (κ3) is 3.58. The average molecular weight is 402 g/mol. The van der Waals surface area contributed by atoms with E-state index in [4.69, 9.17) is 4.42 Å². The highest BCUT2D eigenvalue weighted by molar-refractivity contribution is 5.94. The van der Waals surface area contributed by atoms with Crippen LogP contribution in [0.4, 0.5) is 5.82 Å². The van der Waals surface area contributed by atoms with Crippen LogP contribution in [0.5, 0.6) is 0 Å². The van der Waals surface area contributed by atoms with Gasteiger partial charge in [0.05, 0.1) is 0 Å². The highest BCUT2D eigenvalue weighted by Gasteiger charge is 2.30. The van der Waals surface area contributed by atoms with Gasteiger partial charge in [0.2, 0.25) is 17.7 Å². The molecule has 30 heavy (non-hydrogen) atoms. The summed E-state index contributed by atoms with van der Waals surface area (Å²) in [7, 11) is 0. The van der Waals surface area contributed by atoms with Crippen molar-refractivity contribution in [3.8, 4) is 0 Å². The number of nitrogens with one attached hydrogen (secondary N) is 1. The van der Waals surface area contributed by atoms with Crippen LogP contribution < -0.4 is 5.32 Å². The van der Waals surface area contributed by atoms with Gasteiger partial charge < -0.3 is 14.6 Å². The summed E-state index contributed by atoms with van der Waals surface area (Å²) in [6.45, 7) is 0.682. The van der Waals surface area contributed by atoms with Crippen molar-refractivity contribution in [1.82, 2.24) is 14.9 Å². The van der Waals surface area contributed by atoms with E-state index in [1.54, 1.807) is 18.3 Å². The fourth-order valence-electron chi connectivity index (χ4n) is 4.11. The third-order valence-corrected chi connectivity index (χ3v) is 5.67. The molecule has 2 aliphatic rings. The minimum absolute atomic E-state index is 0.0104. The summed E-state index contributed by atoms with van der Waals surface area (Å²) in [5.74, 6) is 1.14. The maximum absolute atomic E-state index is 13.0. The molecule has 3 aromatic rings. The first-order valence-electron chi connectivity index (χ1n) is 10.3. The molecule has 2 amide bonds. The Hall–Kier alpha value is -3.48. The maximum atomic E-state index is 13.0. The Morgan fingerprint density at radius 1 is 1.23 bits per heavy atom. The number of rotatable bonds is 3. The molecule has 1 fully saturated rings. The molecule has 2 aliphatic heterocycles. The summed E-state index contributed by atoms with van der Waals surface area (Å²) >= 11 is 0. The Bertz CT molecular complexity index is 1120. The van der Waals surface area contributed by atoms with E-state index in [1.807, 2.05) is 35.2 Å². The molecular formula is C23H22N4O3. The van der Waals surface area contributed by atoms with Gasteiger partial charge in [-0.3, -0.25) is 9.59 Å². The van der Waals surface area contributed by atoms with Crippen molar-refractivity contribution in [2.75, 3.05) is 11.9 Å². The monoisotopic (exact) mass is 402 g/mol. The van der Waals surface area contributed by atoms with Crippen LogP contribution in [-0.2, 0) is 16.0 Å². The number of likely N-dealkylation sites (tertiary alicyclic amines) is 1. The number of amides is 2. The Morgan fingerprint density at radius 3 is 3.03 bits per heavy atom. The number of anilines is 1. The van der Waals surface area contributed by atoms with E-state index in [0.29, 0.717) is 31.1 Å². The number of aromatic nitrogens is 2. The molecule has 1 unspecified atom stereocenters. The molecule has 0 aliphatic carbocycles. The first kappa shape index (κ1) is 18.5. The lowest BCUT2D eigenvalue weighted by Crippen LogP contribution is -2.37. The van der Waals surface area contributed by atoms with Crippen LogP contribution in [0.25, 0.3) is 17.2 Å². The first-order valence-corrected chi connectivity index (χ1v) is 10.3. The summed E-state index contributed by atoms with van der Waals surface area (Å²) in [6, 6.07) is 9.48. The van der Waals surface area contributed by atoms with E-state index < -0.39 is 0 Å². The summed E-state index contributed by atoms with van der Waals surface area (Å²) in [5.41, 5.74) is 3.39. The number of fused-ring (bicyclic) bond motifs is 2. The van der Waals surface area contributed by atoms with Crippen molar-refractivity contribution >= 4 is 34.8 Å². The van der Waals surface area contributed by atoms with Gasteiger partial charge in [-0.1, -0.05) is 12.1 Å². The molecule has 1 aromatic carbocycles. The lowest BCUT2D eigenvalue weighted by molar-refractivity contribution is -0.130. The summed E-state index contributed by atoms with van der Waals surface area (Å²) in [5, 5.41) is 2.77. The first-order chi connectivity index (χ1) is 14.7. The minimum Gasteiger partial charge on any atom is -0.438 e. The highest BCUT2D eigenvalue weighted by Crippen LogP contribution is 2.32. The SMILES string of the molecule is O=C1CCc2cc(/C=C/C(=O)N3CCCCC3c3nc4ccccc4o3)cnc2N1. The van der Waals surface area contributed by atoms with Crippen LogP contribution >= 0.6 is 0 Å². The van der Waals surface area contributed by atoms with Crippen molar-refractivity contribution in [2.45, 2.75) is 38.1 Å². The Labute approximate surface area is 173 Å². The summed E-state index contributed by atoms with van der Waals surface area (Å²) in [6.07, 6.45) is 9.01. The van der Waals surface area contributed by atoms with E-state index in [2.05, 4.69) is 15.3 Å². The number of pyridine rings is 1. The number of aryl methyl sites for hydroxylation is 1. The third-order valence-electron chi connectivity index (χ3n) is 5.67. The number of nitrogens with zero attached hydrogens (tertiary/aromatic N) is 3. The van der Waals surface area contributed by atoms with Crippen molar-refractivity contribution in [3.63, 3.8) is 0 Å². The normalized spacial score (nSPS) is 19.1. The molecule has 0 radical (unpaired) electrons. The second-order valence-electron chi connectivity index (χ2n) is 7.72. The molecule has 1 N–H and O–H groups in total. The minimum atomic E-state index is -0.153. The van der Waals surface area contributed by atoms with Crippen LogP contribution in [0.15, 0.2) is 47.0 Å². The summed E-state index contributed by atoms with van der Waals surface area (Å²) in [4.78, 5) is 35.2. The topological polar surface area (TPSA) is 88.3 Å². The number of oxazole rings is 1. The predicted octanol–water partition coefficient (Wildman–Crippen LogP) is 3.87. The largest absolute Gasteiger partial charge is 0.438 e. The predicted molar refractivity (Wildman–Crippen MR) is 113 cm³/mol.